The molecular weight excluding hydrogens is 311 g/mol. The minimum absolute atomic E-state index is 0.271. The van der Waals surface area contributed by atoms with Crippen LogP contribution in [0.15, 0.2) is 84.9 Å². The third kappa shape index (κ3) is 4.22. The van der Waals surface area contributed by atoms with Crippen LogP contribution >= 0.6 is 7.82 Å². The number of phosphoric ester groups is 1. The van der Waals surface area contributed by atoms with Gasteiger partial charge in [-0.15, -0.1) is 0 Å². The number of rotatable bonds is 5. The van der Waals surface area contributed by atoms with E-state index in [1.807, 2.05) is 36.4 Å². The van der Waals surface area contributed by atoms with Gasteiger partial charge in [0.2, 0.25) is 0 Å². The van der Waals surface area contributed by atoms with Crippen molar-refractivity contribution in [2.75, 3.05) is 0 Å². The molecule has 0 aliphatic carbocycles. The summed E-state index contributed by atoms with van der Waals surface area (Å²) in [6.07, 6.45) is 0. The Balaban J connectivity index is 1.79. The summed E-state index contributed by atoms with van der Waals surface area (Å²) >= 11 is 0. The fourth-order valence-corrected chi connectivity index (χ4v) is 2.93. The molecule has 116 valence electrons. The summed E-state index contributed by atoms with van der Waals surface area (Å²) in [5.74, 6) is 0.547. The summed E-state index contributed by atoms with van der Waals surface area (Å²) in [6.45, 7) is 0. The Bertz CT molecular complexity index is 819. The van der Waals surface area contributed by atoms with Gasteiger partial charge in [0.1, 0.15) is 11.5 Å². The van der Waals surface area contributed by atoms with Crippen LogP contribution in [0, 0.1) is 0 Å². The van der Waals surface area contributed by atoms with Crippen molar-refractivity contribution in [3.05, 3.63) is 84.9 Å². The van der Waals surface area contributed by atoms with Gasteiger partial charge >= 0.3 is 7.82 Å². The molecule has 3 aromatic rings. The van der Waals surface area contributed by atoms with Crippen LogP contribution in [0.2, 0.25) is 0 Å². The zero-order valence-corrected chi connectivity index (χ0v) is 13.1. The number of hydrogen-bond acceptors (Lipinski definition) is 3. The molecule has 0 amide bonds. The van der Waals surface area contributed by atoms with Crippen LogP contribution < -0.4 is 9.05 Å². The lowest BCUT2D eigenvalue weighted by molar-refractivity contribution is 0.291. The van der Waals surface area contributed by atoms with Crippen LogP contribution in [0.25, 0.3) is 11.1 Å². The molecule has 1 N–H and O–H groups in total. The van der Waals surface area contributed by atoms with Crippen molar-refractivity contribution >= 4 is 7.82 Å². The first-order chi connectivity index (χ1) is 11.1. The van der Waals surface area contributed by atoms with Gasteiger partial charge < -0.3 is 9.05 Å². The highest BCUT2D eigenvalue weighted by molar-refractivity contribution is 7.48. The molecule has 1 unspecified atom stereocenters. The molecule has 23 heavy (non-hydrogen) atoms. The molecule has 0 aliphatic heterocycles. The highest BCUT2D eigenvalue weighted by Gasteiger charge is 2.25. The summed E-state index contributed by atoms with van der Waals surface area (Å²) in [5.41, 5.74) is 1.89. The smallest absolute Gasteiger partial charge is 0.395 e. The summed E-state index contributed by atoms with van der Waals surface area (Å²) in [4.78, 5) is 9.89. The van der Waals surface area contributed by atoms with Gasteiger partial charge in [0.05, 0.1) is 0 Å². The normalized spacial score (nSPS) is 13.1. The molecule has 0 bridgehead atoms. The molecule has 0 aromatic heterocycles. The van der Waals surface area contributed by atoms with E-state index in [1.54, 1.807) is 48.5 Å². The second kappa shape index (κ2) is 6.69. The Morgan fingerprint density at radius 3 is 1.87 bits per heavy atom. The topological polar surface area (TPSA) is 55.8 Å². The van der Waals surface area contributed by atoms with Gasteiger partial charge in [-0.1, -0.05) is 60.7 Å². The fourth-order valence-electron chi connectivity index (χ4n) is 2.13. The average molecular weight is 326 g/mol. The van der Waals surface area contributed by atoms with Crippen molar-refractivity contribution in [1.82, 2.24) is 0 Å². The average Bonchev–Trinajstić information content (AvgIpc) is 2.56. The molecule has 0 saturated carbocycles. The molecule has 4 nitrogen and oxygen atoms in total. The largest absolute Gasteiger partial charge is 0.584 e. The maximum atomic E-state index is 12.1. The van der Waals surface area contributed by atoms with Crippen LogP contribution in [0.3, 0.4) is 0 Å². The summed E-state index contributed by atoms with van der Waals surface area (Å²) < 4.78 is 22.3. The molecule has 3 rings (SSSR count). The van der Waals surface area contributed by atoms with Crippen molar-refractivity contribution in [2.24, 2.45) is 0 Å². The molecule has 3 aromatic carbocycles. The number of hydrogen-bond donors (Lipinski definition) is 1. The highest BCUT2D eigenvalue weighted by Crippen LogP contribution is 2.44. The third-order valence-corrected chi connectivity index (χ3v) is 4.01. The van der Waals surface area contributed by atoms with Crippen molar-refractivity contribution in [3.8, 4) is 22.6 Å². The first-order valence-corrected chi connectivity index (χ1v) is 8.54. The van der Waals surface area contributed by atoms with E-state index < -0.39 is 7.82 Å². The predicted octanol–water partition coefficient (Wildman–Crippen LogP) is 4.91. The van der Waals surface area contributed by atoms with Crippen molar-refractivity contribution < 1.29 is 18.5 Å². The van der Waals surface area contributed by atoms with Crippen molar-refractivity contribution in [1.29, 1.82) is 0 Å². The molecule has 0 heterocycles. The standard InChI is InChI=1S/C18H15O4P/c19-23(20,21-17-11-5-2-6-12-17)22-18-13-7-10-16(14-18)15-8-3-1-4-9-15/h1-14H,(H,19,20). The predicted molar refractivity (Wildman–Crippen MR) is 89.4 cm³/mol. The maximum Gasteiger partial charge on any atom is 0.584 e. The zero-order chi connectivity index (χ0) is 16.1. The minimum Gasteiger partial charge on any atom is -0.395 e. The molecule has 0 radical (unpaired) electrons. The lowest BCUT2D eigenvalue weighted by atomic mass is 10.1. The zero-order valence-electron chi connectivity index (χ0n) is 12.2. The van der Waals surface area contributed by atoms with E-state index in [9.17, 15) is 9.46 Å². The van der Waals surface area contributed by atoms with Gasteiger partial charge in [0.15, 0.2) is 0 Å². The van der Waals surface area contributed by atoms with E-state index in [2.05, 4.69) is 0 Å². The van der Waals surface area contributed by atoms with Crippen LogP contribution in [0.1, 0.15) is 0 Å². The van der Waals surface area contributed by atoms with Crippen LogP contribution in [0.5, 0.6) is 11.5 Å². The molecule has 0 spiro atoms. The van der Waals surface area contributed by atoms with Gasteiger partial charge in [-0.05, 0) is 35.4 Å². The Morgan fingerprint density at radius 1 is 0.652 bits per heavy atom. The van der Waals surface area contributed by atoms with E-state index in [0.29, 0.717) is 0 Å². The summed E-state index contributed by atoms with van der Waals surface area (Å²) in [7, 11) is -4.25. The monoisotopic (exact) mass is 326 g/mol. The lowest BCUT2D eigenvalue weighted by Crippen LogP contribution is -1.99. The van der Waals surface area contributed by atoms with E-state index >= 15 is 0 Å². The number of phosphoric acid groups is 1. The Kier molecular flexibility index (Phi) is 4.47. The van der Waals surface area contributed by atoms with Crippen molar-refractivity contribution in [2.45, 2.75) is 0 Å². The van der Waals surface area contributed by atoms with Crippen molar-refractivity contribution in [3.63, 3.8) is 0 Å². The van der Waals surface area contributed by atoms with Crippen LogP contribution in [0.4, 0.5) is 0 Å². The fraction of sp³-hybridized carbons (Fsp3) is 0. The second-order valence-corrected chi connectivity index (χ2v) is 6.16. The number of benzene rings is 3. The van der Waals surface area contributed by atoms with Crippen LogP contribution in [-0.4, -0.2) is 4.89 Å². The lowest BCUT2D eigenvalue weighted by Gasteiger charge is -2.14. The Labute approximate surface area is 134 Å². The highest BCUT2D eigenvalue weighted by atomic mass is 31.2. The molecule has 0 saturated heterocycles. The molecule has 5 heteroatoms. The molecule has 0 fully saturated rings. The Morgan fingerprint density at radius 2 is 1.17 bits per heavy atom. The minimum atomic E-state index is -4.25. The SMILES string of the molecule is O=P(O)(Oc1ccccc1)Oc1cccc(-c2ccccc2)c1. The summed E-state index contributed by atoms with van der Waals surface area (Å²) in [6, 6.07) is 25.1. The quantitative estimate of drug-likeness (QED) is 0.677. The second-order valence-electron chi connectivity index (χ2n) is 4.86. The molecule has 0 aliphatic rings. The first-order valence-electron chi connectivity index (χ1n) is 7.05. The Hall–Kier alpha value is -2.55. The third-order valence-electron chi connectivity index (χ3n) is 3.13. The van der Waals surface area contributed by atoms with Gasteiger partial charge in [0.25, 0.3) is 0 Å². The van der Waals surface area contributed by atoms with Gasteiger partial charge in [-0.25, -0.2) is 4.57 Å². The number of para-hydroxylation sites is 1. The van der Waals surface area contributed by atoms with E-state index in [0.717, 1.165) is 11.1 Å². The maximum absolute atomic E-state index is 12.1. The van der Waals surface area contributed by atoms with E-state index in [1.165, 1.54) is 0 Å². The van der Waals surface area contributed by atoms with E-state index in [4.69, 9.17) is 9.05 Å². The van der Waals surface area contributed by atoms with Gasteiger partial charge in [0, 0.05) is 0 Å². The first kappa shape index (κ1) is 15.3. The van der Waals surface area contributed by atoms with E-state index in [-0.39, 0.29) is 11.5 Å². The van der Waals surface area contributed by atoms with Gasteiger partial charge in [-0.3, -0.25) is 4.89 Å². The van der Waals surface area contributed by atoms with Crippen LogP contribution in [-0.2, 0) is 4.57 Å². The molecule has 1 atom stereocenters. The summed E-state index contributed by atoms with van der Waals surface area (Å²) in [5, 5.41) is 0. The van der Waals surface area contributed by atoms with Gasteiger partial charge in [-0.2, -0.15) is 0 Å². The molecular formula is C18H15O4P.